The van der Waals surface area contributed by atoms with Crippen LogP contribution in [-0.2, 0) is 5.75 Å². The lowest BCUT2D eigenvalue weighted by Crippen LogP contribution is -2.22. The predicted molar refractivity (Wildman–Crippen MR) is 140 cm³/mol. The summed E-state index contributed by atoms with van der Waals surface area (Å²) in [5, 5.41) is 12.3. The molecule has 4 aromatic heterocycles. The monoisotopic (exact) mass is 499 g/mol. The number of nitrogens with zero attached hydrogens (tertiary/aromatic N) is 5. The molecule has 6 aromatic rings. The van der Waals surface area contributed by atoms with Gasteiger partial charge in [0, 0.05) is 5.75 Å². The van der Waals surface area contributed by atoms with Crippen LogP contribution in [0.15, 0.2) is 74.3 Å². The lowest BCUT2D eigenvalue weighted by atomic mass is 10.1. The molecule has 0 amide bonds. The molecule has 35 heavy (non-hydrogen) atoms. The number of hydrogen-bond donors (Lipinski definition) is 0. The minimum absolute atomic E-state index is 0.112. The number of fused-ring (bicyclic) bond motifs is 3. The van der Waals surface area contributed by atoms with Crippen LogP contribution >= 0.6 is 23.1 Å². The zero-order chi connectivity index (χ0) is 24.1. The first-order valence-electron chi connectivity index (χ1n) is 11.1. The zero-order valence-electron chi connectivity index (χ0n) is 19.3. The van der Waals surface area contributed by atoms with Gasteiger partial charge in [-0.2, -0.15) is 0 Å². The van der Waals surface area contributed by atoms with E-state index >= 15 is 0 Å². The van der Waals surface area contributed by atoms with Gasteiger partial charge < -0.3 is 4.42 Å². The molecule has 7 nitrogen and oxygen atoms in total. The SMILES string of the molecule is Cc1ccc(C)c(-n2c(=O)c3ccccc3n3c(SCc4nc(-c5cccs5)oc4C)nnc23)c1. The molecule has 0 bridgehead atoms. The van der Waals surface area contributed by atoms with E-state index in [1.165, 1.54) is 11.8 Å². The maximum atomic E-state index is 13.6. The Bertz CT molecular complexity index is 1760. The van der Waals surface area contributed by atoms with E-state index in [2.05, 4.69) is 10.2 Å². The molecule has 0 atom stereocenters. The van der Waals surface area contributed by atoms with E-state index in [-0.39, 0.29) is 5.56 Å². The number of hydrogen-bond acceptors (Lipinski definition) is 7. The van der Waals surface area contributed by atoms with Crippen molar-refractivity contribution in [3.8, 4) is 16.5 Å². The fourth-order valence-electron chi connectivity index (χ4n) is 4.15. The van der Waals surface area contributed by atoms with Crippen molar-refractivity contribution >= 4 is 39.8 Å². The minimum atomic E-state index is -0.112. The highest BCUT2D eigenvalue weighted by Gasteiger charge is 2.20. The molecule has 0 fully saturated rings. The molecular weight excluding hydrogens is 478 g/mol. The number of para-hydroxylation sites is 1. The first-order chi connectivity index (χ1) is 17.0. The van der Waals surface area contributed by atoms with Gasteiger partial charge in [-0.05, 0) is 61.5 Å². The first-order valence-corrected chi connectivity index (χ1v) is 13.0. The highest BCUT2D eigenvalue weighted by molar-refractivity contribution is 7.98. The third-order valence-electron chi connectivity index (χ3n) is 5.96. The Morgan fingerprint density at radius 2 is 1.89 bits per heavy atom. The Hall–Kier alpha value is -3.69. The van der Waals surface area contributed by atoms with Crippen molar-refractivity contribution in [1.82, 2.24) is 24.1 Å². The second-order valence-corrected chi connectivity index (χ2v) is 10.2. The number of aryl methyl sites for hydroxylation is 3. The van der Waals surface area contributed by atoms with Crippen LogP contribution in [0.1, 0.15) is 22.6 Å². The lowest BCUT2D eigenvalue weighted by molar-refractivity contribution is 0.542. The zero-order valence-corrected chi connectivity index (χ0v) is 21.0. The van der Waals surface area contributed by atoms with Crippen LogP contribution in [-0.4, -0.2) is 24.1 Å². The summed E-state index contributed by atoms with van der Waals surface area (Å²) < 4.78 is 9.52. The average Bonchev–Trinajstić information content (AvgIpc) is 3.60. The van der Waals surface area contributed by atoms with Crippen LogP contribution < -0.4 is 5.56 Å². The normalized spacial score (nSPS) is 11.6. The third kappa shape index (κ3) is 3.67. The second-order valence-electron chi connectivity index (χ2n) is 8.35. The Labute approximate surface area is 209 Å². The average molecular weight is 500 g/mol. The van der Waals surface area contributed by atoms with Crippen molar-refractivity contribution in [2.24, 2.45) is 0 Å². The summed E-state index contributed by atoms with van der Waals surface area (Å²) in [5.41, 5.74) is 4.40. The Morgan fingerprint density at radius 3 is 2.71 bits per heavy atom. The number of aromatic nitrogens is 5. The third-order valence-corrected chi connectivity index (χ3v) is 7.76. The molecule has 0 unspecified atom stereocenters. The smallest absolute Gasteiger partial charge is 0.267 e. The van der Waals surface area contributed by atoms with Crippen molar-refractivity contribution in [3.05, 3.63) is 92.9 Å². The van der Waals surface area contributed by atoms with Crippen LogP contribution in [0.2, 0.25) is 0 Å². The summed E-state index contributed by atoms with van der Waals surface area (Å²) in [6.07, 6.45) is 0. The van der Waals surface area contributed by atoms with Crippen molar-refractivity contribution in [2.75, 3.05) is 0 Å². The Morgan fingerprint density at radius 1 is 1.03 bits per heavy atom. The van der Waals surface area contributed by atoms with Gasteiger partial charge in [-0.25, -0.2) is 9.55 Å². The van der Waals surface area contributed by atoms with Gasteiger partial charge in [0.15, 0.2) is 5.16 Å². The summed E-state index contributed by atoms with van der Waals surface area (Å²) in [4.78, 5) is 19.3. The minimum Gasteiger partial charge on any atom is -0.440 e. The fraction of sp³-hybridized carbons (Fsp3) is 0.154. The predicted octanol–water partition coefficient (Wildman–Crippen LogP) is 5.97. The van der Waals surface area contributed by atoms with Gasteiger partial charge in [0.2, 0.25) is 11.7 Å². The van der Waals surface area contributed by atoms with Crippen molar-refractivity contribution in [2.45, 2.75) is 31.7 Å². The molecule has 174 valence electrons. The van der Waals surface area contributed by atoms with Crippen LogP contribution in [0, 0.1) is 20.8 Å². The number of oxazole rings is 1. The largest absolute Gasteiger partial charge is 0.440 e. The maximum absolute atomic E-state index is 13.6. The van der Waals surface area contributed by atoms with Gasteiger partial charge in [0.05, 0.1) is 27.2 Å². The molecule has 2 aromatic carbocycles. The van der Waals surface area contributed by atoms with Gasteiger partial charge in [0.1, 0.15) is 5.76 Å². The summed E-state index contributed by atoms with van der Waals surface area (Å²) in [5.74, 6) is 2.47. The molecule has 9 heteroatoms. The lowest BCUT2D eigenvalue weighted by Gasteiger charge is -2.14. The van der Waals surface area contributed by atoms with Gasteiger partial charge in [0.25, 0.3) is 5.56 Å². The molecule has 0 aliphatic heterocycles. The quantitative estimate of drug-likeness (QED) is 0.272. The Kier molecular flexibility index (Phi) is 5.31. The first kappa shape index (κ1) is 21.8. The van der Waals surface area contributed by atoms with E-state index in [9.17, 15) is 4.79 Å². The topological polar surface area (TPSA) is 78.2 Å². The second kappa shape index (κ2) is 8.51. The Balaban J connectivity index is 1.48. The molecule has 4 heterocycles. The number of rotatable bonds is 5. The van der Waals surface area contributed by atoms with Gasteiger partial charge in [-0.15, -0.1) is 21.5 Å². The van der Waals surface area contributed by atoms with Crippen LogP contribution in [0.25, 0.3) is 33.1 Å². The molecule has 0 aliphatic carbocycles. The highest BCUT2D eigenvalue weighted by Crippen LogP contribution is 2.30. The van der Waals surface area contributed by atoms with Gasteiger partial charge in [-0.1, -0.05) is 42.1 Å². The van der Waals surface area contributed by atoms with Gasteiger partial charge >= 0.3 is 0 Å². The van der Waals surface area contributed by atoms with E-state index < -0.39 is 0 Å². The molecule has 0 radical (unpaired) electrons. The summed E-state index contributed by atoms with van der Waals surface area (Å²) in [7, 11) is 0. The summed E-state index contributed by atoms with van der Waals surface area (Å²) in [6.45, 7) is 5.94. The van der Waals surface area contributed by atoms with E-state index in [1.54, 1.807) is 15.9 Å². The van der Waals surface area contributed by atoms with Crippen LogP contribution in [0.5, 0.6) is 0 Å². The van der Waals surface area contributed by atoms with Crippen LogP contribution in [0.3, 0.4) is 0 Å². The van der Waals surface area contributed by atoms with Crippen molar-refractivity contribution in [1.29, 1.82) is 0 Å². The van der Waals surface area contributed by atoms with Crippen molar-refractivity contribution in [3.63, 3.8) is 0 Å². The molecule has 0 saturated heterocycles. The molecule has 0 spiro atoms. The standard InChI is InChI=1S/C26H21N5O2S2/c1-15-10-11-16(2)21(13-15)30-24(32)18-7-4-5-8-20(18)31-25(30)28-29-26(31)35-14-19-17(3)33-23(27-19)22-9-6-12-34-22/h4-13H,14H2,1-3H3. The molecule has 0 N–H and O–H groups in total. The number of benzene rings is 2. The highest BCUT2D eigenvalue weighted by atomic mass is 32.2. The molecular formula is C26H21N5O2S2. The fourth-order valence-corrected chi connectivity index (χ4v) is 5.74. The van der Waals surface area contributed by atoms with E-state index in [0.717, 1.165) is 38.7 Å². The van der Waals surface area contributed by atoms with Gasteiger partial charge in [-0.3, -0.25) is 9.20 Å². The molecule has 0 aliphatic rings. The van der Waals surface area contributed by atoms with Crippen LogP contribution in [0.4, 0.5) is 0 Å². The van der Waals surface area contributed by atoms with E-state index in [4.69, 9.17) is 9.40 Å². The number of thiophene rings is 1. The maximum Gasteiger partial charge on any atom is 0.267 e. The molecule has 0 saturated carbocycles. The summed E-state index contributed by atoms with van der Waals surface area (Å²) >= 11 is 3.12. The molecule has 6 rings (SSSR count). The van der Waals surface area contributed by atoms with E-state index in [1.807, 2.05) is 85.1 Å². The number of thioether (sulfide) groups is 1. The summed E-state index contributed by atoms with van der Waals surface area (Å²) in [6, 6.07) is 17.6. The van der Waals surface area contributed by atoms with E-state index in [0.29, 0.717) is 28.0 Å². The van der Waals surface area contributed by atoms with Crippen molar-refractivity contribution < 1.29 is 4.42 Å².